The fourth-order valence-corrected chi connectivity index (χ4v) is 3.23. The molecule has 1 aromatic carbocycles. The third-order valence-electron chi connectivity index (χ3n) is 4.66. The molecule has 1 saturated heterocycles. The second-order valence-corrected chi connectivity index (χ2v) is 6.82. The van der Waals surface area contributed by atoms with Crippen molar-refractivity contribution in [1.29, 1.82) is 0 Å². The summed E-state index contributed by atoms with van der Waals surface area (Å²) in [4.78, 5) is 24.8. The van der Waals surface area contributed by atoms with Crippen LogP contribution in [0, 0.1) is 10.1 Å². The first kappa shape index (κ1) is 21.5. The van der Waals surface area contributed by atoms with Crippen molar-refractivity contribution >= 4 is 11.8 Å². The summed E-state index contributed by atoms with van der Waals surface area (Å²) >= 11 is 0. The molecule has 11 heteroatoms. The van der Waals surface area contributed by atoms with Crippen LogP contribution in [-0.2, 0) is 0 Å². The Hall–Kier alpha value is -3.21. The highest BCUT2D eigenvalue weighted by Gasteiger charge is 2.19. The lowest BCUT2D eigenvalue weighted by Crippen LogP contribution is -2.34. The summed E-state index contributed by atoms with van der Waals surface area (Å²) in [5, 5.41) is 21.1. The molecule has 11 nitrogen and oxygen atoms in total. The number of ether oxygens (including phenoxy) is 2. The molecule has 1 fully saturated rings. The molecule has 1 amide bonds. The molecule has 0 bridgehead atoms. The molecular weight excluding hydrogens is 394 g/mol. The number of rotatable bonds is 9. The van der Waals surface area contributed by atoms with Gasteiger partial charge in [0.25, 0.3) is 11.6 Å². The largest absolute Gasteiger partial charge is 0.493 e. The number of aromatic nitrogens is 2. The minimum Gasteiger partial charge on any atom is -0.493 e. The van der Waals surface area contributed by atoms with Crippen LogP contribution in [0.15, 0.2) is 22.6 Å². The zero-order valence-electron chi connectivity index (χ0n) is 16.8. The van der Waals surface area contributed by atoms with Crippen molar-refractivity contribution in [3.63, 3.8) is 0 Å². The lowest BCUT2D eigenvalue weighted by atomic mass is 10.1. The van der Waals surface area contributed by atoms with Crippen LogP contribution in [0.4, 0.5) is 10.5 Å². The van der Waals surface area contributed by atoms with Crippen molar-refractivity contribution in [2.75, 3.05) is 32.8 Å². The van der Waals surface area contributed by atoms with E-state index in [-0.39, 0.29) is 23.4 Å². The molecule has 30 heavy (non-hydrogen) atoms. The summed E-state index contributed by atoms with van der Waals surface area (Å²) in [5.41, 5.74) is 0.244. The first-order valence-electron chi connectivity index (χ1n) is 10.00. The third kappa shape index (κ3) is 5.89. The summed E-state index contributed by atoms with van der Waals surface area (Å²) in [6.45, 7) is 5.69. The molecule has 0 unspecified atom stereocenters. The van der Waals surface area contributed by atoms with Gasteiger partial charge in [0.15, 0.2) is 0 Å². The standard InChI is InChI=1S/C19H25N5O6/c1-2-28-16-13-14(24(26)27)7-8-15(16)17-21-22-19(29-17)30-18(25)20-9-6-12-23-10-4-3-5-11-23/h7-8,13H,2-6,9-12H2,1H3,(H,20,25). The molecule has 1 aliphatic rings. The van der Waals surface area contributed by atoms with Gasteiger partial charge in [0.05, 0.1) is 23.2 Å². The van der Waals surface area contributed by atoms with Gasteiger partial charge in [0.2, 0.25) is 0 Å². The number of carbonyl (C=O) groups excluding carboxylic acids is 1. The molecule has 0 saturated carbocycles. The van der Waals surface area contributed by atoms with Gasteiger partial charge < -0.3 is 24.1 Å². The van der Waals surface area contributed by atoms with Gasteiger partial charge in [0.1, 0.15) is 5.75 Å². The molecule has 2 heterocycles. The Morgan fingerprint density at radius 1 is 1.30 bits per heavy atom. The van der Waals surface area contributed by atoms with Gasteiger partial charge in [-0.2, -0.15) is 0 Å². The fourth-order valence-electron chi connectivity index (χ4n) is 3.23. The highest BCUT2D eigenvalue weighted by molar-refractivity contribution is 5.69. The molecule has 1 N–H and O–H groups in total. The fraction of sp³-hybridized carbons (Fsp3) is 0.526. The molecule has 0 aliphatic carbocycles. The molecular formula is C19H25N5O6. The van der Waals surface area contributed by atoms with Crippen molar-refractivity contribution in [3.05, 3.63) is 28.3 Å². The Balaban J connectivity index is 1.53. The van der Waals surface area contributed by atoms with E-state index >= 15 is 0 Å². The molecule has 162 valence electrons. The highest BCUT2D eigenvalue weighted by Crippen LogP contribution is 2.33. The van der Waals surface area contributed by atoms with Crippen LogP contribution >= 0.6 is 0 Å². The monoisotopic (exact) mass is 419 g/mol. The van der Waals surface area contributed by atoms with E-state index in [1.165, 1.54) is 37.5 Å². The van der Waals surface area contributed by atoms with E-state index in [4.69, 9.17) is 13.9 Å². The Kier molecular flexibility index (Phi) is 7.55. The number of nitro groups is 1. The number of benzene rings is 1. The maximum absolute atomic E-state index is 11.9. The Morgan fingerprint density at radius 2 is 2.10 bits per heavy atom. The van der Waals surface area contributed by atoms with E-state index in [2.05, 4.69) is 20.4 Å². The molecule has 0 radical (unpaired) electrons. The number of likely N-dealkylation sites (tertiary alicyclic amines) is 1. The first-order chi connectivity index (χ1) is 14.6. The molecule has 1 aliphatic heterocycles. The Morgan fingerprint density at radius 3 is 2.83 bits per heavy atom. The van der Waals surface area contributed by atoms with Crippen molar-refractivity contribution < 1.29 is 23.6 Å². The van der Waals surface area contributed by atoms with E-state index in [0.717, 1.165) is 26.1 Å². The normalized spacial score (nSPS) is 14.3. The number of nitrogens with zero attached hydrogens (tertiary/aromatic N) is 4. The van der Waals surface area contributed by atoms with E-state index in [0.29, 0.717) is 18.7 Å². The number of nitrogens with one attached hydrogen (secondary N) is 1. The summed E-state index contributed by atoms with van der Waals surface area (Å²) in [6, 6.07) is 4.03. The molecule has 0 spiro atoms. The average molecular weight is 419 g/mol. The van der Waals surface area contributed by atoms with E-state index in [1.54, 1.807) is 6.92 Å². The van der Waals surface area contributed by atoms with Crippen LogP contribution in [0.2, 0.25) is 0 Å². The lowest BCUT2D eigenvalue weighted by Gasteiger charge is -2.26. The van der Waals surface area contributed by atoms with E-state index in [9.17, 15) is 14.9 Å². The van der Waals surface area contributed by atoms with Gasteiger partial charge in [-0.1, -0.05) is 11.5 Å². The third-order valence-corrected chi connectivity index (χ3v) is 4.66. The van der Waals surface area contributed by atoms with Gasteiger partial charge in [-0.05, 0) is 51.9 Å². The van der Waals surface area contributed by atoms with Crippen molar-refractivity contribution in [1.82, 2.24) is 20.4 Å². The van der Waals surface area contributed by atoms with Crippen LogP contribution in [0.5, 0.6) is 11.8 Å². The van der Waals surface area contributed by atoms with Crippen molar-refractivity contribution in [3.8, 4) is 23.3 Å². The SMILES string of the molecule is CCOc1cc([N+](=O)[O-])ccc1-c1nnc(OC(=O)NCCCN2CCCCC2)o1. The number of carbonyl (C=O) groups is 1. The van der Waals surface area contributed by atoms with Crippen LogP contribution in [-0.4, -0.2) is 58.9 Å². The summed E-state index contributed by atoms with van der Waals surface area (Å²) in [7, 11) is 0. The van der Waals surface area contributed by atoms with Gasteiger partial charge in [0, 0.05) is 12.6 Å². The molecule has 0 atom stereocenters. The van der Waals surface area contributed by atoms with Crippen LogP contribution in [0.1, 0.15) is 32.6 Å². The van der Waals surface area contributed by atoms with Gasteiger partial charge in [-0.3, -0.25) is 10.1 Å². The zero-order valence-corrected chi connectivity index (χ0v) is 16.8. The maximum atomic E-state index is 11.9. The minimum absolute atomic E-state index is 0.0289. The number of hydrogen-bond acceptors (Lipinski definition) is 9. The lowest BCUT2D eigenvalue weighted by molar-refractivity contribution is -0.384. The number of non-ortho nitro benzene ring substituents is 1. The molecule has 3 rings (SSSR count). The number of amides is 1. The quantitative estimate of drug-likeness (QED) is 0.370. The highest BCUT2D eigenvalue weighted by atomic mass is 16.6. The maximum Gasteiger partial charge on any atom is 0.424 e. The van der Waals surface area contributed by atoms with Gasteiger partial charge in [-0.25, -0.2) is 4.79 Å². The minimum atomic E-state index is -0.683. The van der Waals surface area contributed by atoms with Crippen LogP contribution < -0.4 is 14.8 Å². The van der Waals surface area contributed by atoms with Gasteiger partial charge in [-0.15, -0.1) is 5.10 Å². The second kappa shape index (κ2) is 10.5. The first-order valence-corrected chi connectivity index (χ1v) is 10.00. The number of piperidine rings is 1. The Labute approximate surface area is 173 Å². The summed E-state index contributed by atoms with van der Waals surface area (Å²) in [6.07, 6.45) is 3.57. The predicted octanol–water partition coefficient (Wildman–Crippen LogP) is 3.01. The summed E-state index contributed by atoms with van der Waals surface area (Å²) < 4.78 is 15.8. The predicted molar refractivity (Wildman–Crippen MR) is 106 cm³/mol. The van der Waals surface area contributed by atoms with Crippen LogP contribution in [0.25, 0.3) is 11.5 Å². The Bertz CT molecular complexity index is 865. The smallest absolute Gasteiger partial charge is 0.424 e. The molecule has 2 aromatic rings. The average Bonchev–Trinajstić information content (AvgIpc) is 3.20. The number of hydrogen-bond donors (Lipinski definition) is 1. The van der Waals surface area contributed by atoms with E-state index in [1.807, 2.05) is 0 Å². The van der Waals surface area contributed by atoms with Crippen molar-refractivity contribution in [2.45, 2.75) is 32.6 Å². The number of nitro benzene ring substituents is 1. The van der Waals surface area contributed by atoms with E-state index < -0.39 is 11.0 Å². The van der Waals surface area contributed by atoms with Crippen LogP contribution in [0.3, 0.4) is 0 Å². The molecule has 1 aromatic heterocycles. The van der Waals surface area contributed by atoms with Gasteiger partial charge >= 0.3 is 12.2 Å². The van der Waals surface area contributed by atoms with Crippen molar-refractivity contribution in [2.24, 2.45) is 0 Å². The zero-order chi connectivity index (χ0) is 21.3. The topological polar surface area (TPSA) is 133 Å². The second-order valence-electron chi connectivity index (χ2n) is 6.82. The summed E-state index contributed by atoms with van der Waals surface area (Å²) in [5.74, 6) is 0.255.